The standard InChI is InChI=1S/C29H36N4O6/c1-20-29(18-27(35)36,24-17-23(38-4)9-10-25(24)30-20)22-7-5-21(6-8-22)28(37)39-16-15-32-11-13-33(14-12-32)19-26(34)31(2)3/h5-10,17H,11-16,18-19H2,1-4H3,(H,35,36). The van der Waals surface area contributed by atoms with Crippen molar-refractivity contribution in [2.45, 2.75) is 18.8 Å². The van der Waals surface area contributed by atoms with E-state index in [1.807, 2.05) is 19.1 Å². The van der Waals surface area contributed by atoms with E-state index >= 15 is 0 Å². The van der Waals surface area contributed by atoms with Gasteiger partial charge in [0, 0.05) is 52.5 Å². The Morgan fingerprint density at radius 1 is 1.03 bits per heavy atom. The maximum absolute atomic E-state index is 12.7. The van der Waals surface area contributed by atoms with Gasteiger partial charge in [0.25, 0.3) is 0 Å². The van der Waals surface area contributed by atoms with Crippen molar-refractivity contribution in [1.29, 1.82) is 0 Å². The Kier molecular flexibility index (Phi) is 8.66. The largest absolute Gasteiger partial charge is 0.497 e. The molecule has 0 saturated carbocycles. The number of carboxylic acids is 1. The lowest BCUT2D eigenvalue weighted by Crippen LogP contribution is -2.49. The Morgan fingerprint density at radius 3 is 2.31 bits per heavy atom. The fourth-order valence-corrected chi connectivity index (χ4v) is 5.21. The Morgan fingerprint density at radius 2 is 1.69 bits per heavy atom. The number of aliphatic carboxylic acids is 1. The van der Waals surface area contributed by atoms with Gasteiger partial charge in [-0.1, -0.05) is 12.1 Å². The molecule has 0 spiro atoms. The highest BCUT2D eigenvalue weighted by Gasteiger charge is 2.45. The fraction of sp³-hybridized carbons (Fsp3) is 0.448. The highest BCUT2D eigenvalue weighted by Crippen LogP contribution is 2.48. The summed E-state index contributed by atoms with van der Waals surface area (Å²) in [4.78, 5) is 47.2. The minimum absolute atomic E-state index is 0.0941. The van der Waals surface area contributed by atoms with Gasteiger partial charge in [-0.05, 0) is 48.4 Å². The number of carbonyl (C=O) groups excluding carboxylic acids is 2. The summed E-state index contributed by atoms with van der Waals surface area (Å²) in [6, 6.07) is 12.4. The maximum atomic E-state index is 12.7. The first-order valence-corrected chi connectivity index (χ1v) is 13.0. The molecular weight excluding hydrogens is 500 g/mol. The van der Waals surface area contributed by atoms with Crippen LogP contribution in [0.15, 0.2) is 47.5 Å². The van der Waals surface area contributed by atoms with Crippen molar-refractivity contribution >= 4 is 29.2 Å². The average molecular weight is 537 g/mol. The Bertz CT molecular complexity index is 1250. The molecule has 1 amide bonds. The van der Waals surface area contributed by atoms with E-state index in [0.717, 1.165) is 37.3 Å². The van der Waals surface area contributed by atoms with Crippen molar-refractivity contribution in [3.63, 3.8) is 0 Å². The second-order valence-corrected chi connectivity index (χ2v) is 10.2. The Labute approximate surface area is 228 Å². The molecule has 0 bridgehead atoms. The van der Waals surface area contributed by atoms with Crippen LogP contribution in [0.4, 0.5) is 5.69 Å². The number of fused-ring (bicyclic) bond motifs is 1. The number of esters is 1. The van der Waals surface area contributed by atoms with Gasteiger partial charge in [-0.3, -0.25) is 24.4 Å². The molecule has 2 aliphatic rings. The summed E-state index contributed by atoms with van der Waals surface area (Å²) in [5.41, 5.74) is 2.33. The average Bonchev–Trinajstić information content (AvgIpc) is 3.19. The van der Waals surface area contributed by atoms with Gasteiger partial charge >= 0.3 is 11.9 Å². The molecule has 1 saturated heterocycles. The van der Waals surface area contributed by atoms with Gasteiger partial charge < -0.3 is 19.5 Å². The first-order chi connectivity index (χ1) is 18.6. The van der Waals surface area contributed by atoms with Gasteiger partial charge in [0.05, 0.1) is 36.7 Å². The number of piperazine rings is 1. The molecule has 2 aromatic rings. The second-order valence-electron chi connectivity index (χ2n) is 10.2. The van der Waals surface area contributed by atoms with Crippen LogP contribution < -0.4 is 4.74 Å². The zero-order valence-electron chi connectivity index (χ0n) is 23.0. The zero-order chi connectivity index (χ0) is 28.2. The highest BCUT2D eigenvalue weighted by atomic mass is 16.5. The SMILES string of the molecule is COc1ccc2c(c1)C(CC(=O)O)(c1ccc(C(=O)OCCN3CCN(CC(=O)N(C)C)CC3)cc1)C(C)=N2. The first-order valence-electron chi connectivity index (χ1n) is 13.0. The number of nitrogens with zero attached hydrogens (tertiary/aromatic N) is 4. The lowest BCUT2D eigenvalue weighted by molar-refractivity contribution is -0.137. The number of hydrogen-bond acceptors (Lipinski definition) is 8. The van der Waals surface area contributed by atoms with Gasteiger partial charge in [-0.15, -0.1) is 0 Å². The molecule has 10 nitrogen and oxygen atoms in total. The van der Waals surface area contributed by atoms with Crippen molar-refractivity contribution < 1.29 is 29.0 Å². The normalized spacial score (nSPS) is 19.2. The summed E-state index contributed by atoms with van der Waals surface area (Å²) in [6.45, 7) is 6.35. The lowest BCUT2D eigenvalue weighted by Gasteiger charge is -2.34. The summed E-state index contributed by atoms with van der Waals surface area (Å²) in [7, 11) is 5.09. The highest BCUT2D eigenvalue weighted by molar-refractivity contribution is 6.05. The maximum Gasteiger partial charge on any atom is 0.338 e. The fourth-order valence-electron chi connectivity index (χ4n) is 5.21. The first kappa shape index (κ1) is 28.3. The van der Waals surface area contributed by atoms with Crippen LogP contribution in [0.25, 0.3) is 0 Å². The van der Waals surface area contributed by atoms with E-state index in [9.17, 15) is 19.5 Å². The van der Waals surface area contributed by atoms with Crippen molar-refractivity contribution in [3.8, 4) is 5.75 Å². The molecule has 1 atom stereocenters. The topological polar surface area (TPSA) is 112 Å². The van der Waals surface area contributed by atoms with E-state index in [4.69, 9.17) is 9.47 Å². The molecule has 2 aliphatic heterocycles. The van der Waals surface area contributed by atoms with Gasteiger partial charge in [0.15, 0.2) is 0 Å². The Balaban J connectivity index is 1.38. The lowest BCUT2D eigenvalue weighted by atomic mass is 9.70. The number of hydrogen-bond donors (Lipinski definition) is 1. The van der Waals surface area contributed by atoms with E-state index in [0.29, 0.717) is 35.8 Å². The molecule has 1 N–H and O–H groups in total. The number of amides is 1. The molecule has 39 heavy (non-hydrogen) atoms. The van der Waals surface area contributed by atoms with Crippen LogP contribution in [0, 0.1) is 0 Å². The quantitative estimate of drug-likeness (QED) is 0.461. The van der Waals surface area contributed by atoms with Crippen LogP contribution in [-0.4, -0.2) is 110 Å². The third-order valence-electron chi connectivity index (χ3n) is 7.56. The van der Waals surface area contributed by atoms with Crippen molar-refractivity contribution in [1.82, 2.24) is 14.7 Å². The van der Waals surface area contributed by atoms with E-state index in [2.05, 4.69) is 14.8 Å². The van der Waals surface area contributed by atoms with Gasteiger partial charge in [0.2, 0.25) is 5.91 Å². The molecular formula is C29H36N4O6. The number of aliphatic imine (C=N–C) groups is 1. The zero-order valence-corrected chi connectivity index (χ0v) is 23.0. The van der Waals surface area contributed by atoms with Crippen molar-refractivity contribution in [3.05, 3.63) is 59.2 Å². The van der Waals surface area contributed by atoms with E-state index in [1.54, 1.807) is 56.4 Å². The number of ether oxygens (including phenoxy) is 2. The number of rotatable bonds is 10. The summed E-state index contributed by atoms with van der Waals surface area (Å²) in [5, 5.41) is 9.81. The van der Waals surface area contributed by atoms with Gasteiger partial charge in [0.1, 0.15) is 12.4 Å². The molecule has 10 heteroatoms. The number of carbonyl (C=O) groups is 3. The monoisotopic (exact) mass is 536 g/mol. The number of methoxy groups -OCH3 is 1. The molecule has 1 fully saturated rings. The molecule has 2 aromatic carbocycles. The summed E-state index contributed by atoms with van der Waals surface area (Å²) < 4.78 is 10.9. The summed E-state index contributed by atoms with van der Waals surface area (Å²) >= 11 is 0. The molecule has 0 aromatic heterocycles. The molecule has 0 radical (unpaired) electrons. The van der Waals surface area contributed by atoms with Crippen LogP contribution in [0.5, 0.6) is 5.75 Å². The molecule has 4 rings (SSSR count). The number of carboxylic acid groups (broad SMARTS) is 1. The van der Waals surface area contributed by atoms with Crippen molar-refractivity contribution in [2.24, 2.45) is 4.99 Å². The number of benzene rings is 2. The predicted molar refractivity (Wildman–Crippen MR) is 147 cm³/mol. The predicted octanol–water partition coefficient (Wildman–Crippen LogP) is 2.42. The van der Waals surface area contributed by atoms with Crippen LogP contribution in [0.3, 0.4) is 0 Å². The molecule has 1 unspecified atom stereocenters. The number of likely N-dealkylation sites (N-methyl/N-ethyl adjacent to an activating group) is 1. The summed E-state index contributed by atoms with van der Waals surface area (Å²) in [5.74, 6) is -0.662. The van der Waals surface area contributed by atoms with E-state index < -0.39 is 17.4 Å². The third-order valence-corrected chi connectivity index (χ3v) is 7.56. The molecule has 2 heterocycles. The van der Waals surface area contributed by atoms with Crippen LogP contribution in [0.1, 0.15) is 34.8 Å². The minimum atomic E-state index is -0.961. The molecule has 208 valence electrons. The van der Waals surface area contributed by atoms with Crippen LogP contribution in [0.2, 0.25) is 0 Å². The van der Waals surface area contributed by atoms with Crippen molar-refractivity contribution in [2.75, 3.05) is 67.1 Å². The van der Waals surface area contributed by atoms with Gasteiger partial charge in [-0.2, -0.15) is 0 Å². The third kappa shape index (κ3) is 6.12. The van der Waals surface area contributed by atoms with Crippen LogP contribution >= 0.6 is 0 Å². The molecule has 0 aliphatic carbocycles. The van der Waals surface area contributed by atoms with Gasteiger partial charge in [-0.25, -0.2) is 4.79 Å². The van der Waals surface area contributed by atoms with E-state index in [1.165, 1.54) is 0 Å². The smallest absolute Gasteiger partial charge is 0.338 e. The summed E-state index contributed by atoms with van der Waals surface area (Å²) in [6.07, 6.45) is -0.178. The van der Waals surface area contributed by atoms with E-state index in [-0.39, 0.29) is 18.9 Å². The Hall–Kier alpha value is -3.76. The minimum Gasteiger partial charge on any atom is -0.497 e. The second kappa shape index (κ2) is 12.0. The van der Waals surface area contributed by atoms with Crippen LogP contribution in [-0.2, 0) is 19.7 Å².